The van der Waals surface area contributed by atoms with Crippen LogP contribution in [-0.2, 0) is 4.79 Å². The number of hydrogen-bond acceptors (Lipinski definition) is 2. The number of carboxylic acid groups (broad SMARTS) is 1. The molecule has 2 saturated carbocycles. The van der Waals surface area contributed by atoms with Crippen LogP contribution >= 0.6 is 0 Å². The summed E-state index contributed by atoms with van der Waals surface area (Å²) in [5.41, 5.74) is 6.16. The first-order valence-corrected chi connectivity index (χ1v) is 6.49. The Bertz CT molecular complexity index is 271. The molecule has 92 valence electrons. The summed E-state index contributed by atoms with van der Waals surface area (Å²) in [6.45, 7) is 2.35. The molecule has 0 radical (unpaired) electrons. The Kier molecular flexibility index (Phi) is 3.24. The van der Waals surface area contributed by atoms with E-state index >= 15 is 0 Å². The van der Waals surface area contributed by atoms with Crippen molar-refractivity contribution in [2.75, 3.05) is 0 Å². The number of rotatable bonds is 4. The van der Waals surface area contributed by atoms with Gasteiger partial charge in [-0.3, -0.25) is 4.79 Å². The quantitative estimate of drug-likeness (QED) is 0.772. The van der Waals surface area contributed by atoms with E-state index in [0.29, 0.717) is 11.8 Å². The van der Waals surface area contributed by atoms with Crippen molar-refractivity contribution in [3.63, 3.8) is 0 Å². The lowest BCUT2D eigenvalue weighted by atomic mass is 9.59. The smallest absolute Gasteiger partial charge is 0.320 e. The lowest BCUT2D eigenvalue weighted by molar-refractivity contribution is -0.138. The maximum atomic E-state index is 10.6. The molecule has 2 aliphatic rings. The van der Waals surface area contributed by atoms with Crippen molar-refractivity contribution in [1.29, 1.82) is 0 Å². The molecule has 0 aromatic carbocycles. The zero-order chi connectivity index (χ0) is 11.8. The summed E-state index contributed by atoms with van der Waals surface area (Å²) in [6.07, 6.45) is 8.48. The summed E-state index contributed by atoms with van der Waals surface area (Å²) in [5.74, 6) is 0.793. The highest BCUT2D eigenvalue weighted by Crippen LogP contribution is 2.58. The van der Waals surface area contributed by atoms with Crippen LogP contribution in [0.2, 0.25) is 0 Å². The van der Waals surface area contributed by atoms with Crippen molar-refractivity contribution < 1.29 is 9.90 Å². The van der Waals surface area contributed by atoms with Gasteiger partial charge in [0.1, 0.15) is 6.04 Å². The predicted molar refractivity (Wildman–Crippen MR) is 63.0 cm³/mol. The molecule has 0 bridgehead atoms. The van der Waals surface area contributed by atoms with Crippen LogP contribution in [0.5, 0.6) is 0 Å². The highest BCUT2D eigenvalue weighted by molar-refractivity contribution is 5.72. The Hall–Kier alpha value is -0.570. The first-order chi connectivity index (χ1) is 7.51. The third kappa shape index (κ3) is 2.40. The van der Waals surface area contributed by atoms with E-state index in [0.717, 1.165) is 18.3 Å². The van der Waals surface area contributed by atoms with Crippen LogP contribution in [0.15, 0.2) is 0 Å². The van der Waals surface area contributed by atoms with Crippen molar-refractivity contribution in [2.24, 2.45) is 23.0 Å². The summed E-state index contributed by atoms with van der Waals surface area (Å²) in [4.78, 5) is 10.6. The van der Waals surface area contributed by atoms with Crippen LogP contribution in [0.4, 0.5) is 0 Å². The van der Waals surface area contributed by atoms with E-state index in [1.807, 2.05) is 0 Å². The van der Waals surface area contributed by atoms with Gasteiger partial charge in [0.2, 0.25) is 0 Å². The number of aliphatic carboxylic acids is 1. The van der Waals surface area contributed by atoms with Gasteiger partial charge in [0.25, 0.3) is 0 Å². The molecule has 0 amide bonds. The minimum absolute atomic E-state index is 0.644. The molecule has 3 nitrogen and oxygen atoms in total. The van der Waals surface area contributed by atoms with Crippen LogP contribution in [0.1, 0.15) is 51.9 Å². The molecule has 3 heteroatoms. The van der Waals surface area contributed by atoms with E-state index in [4.69, 9.17) is 10.8 Å². The first kappa shape index (κ1) is 11.9. The summed E-state index contributed by atoms with van der Waals surface area (Å²) < 4.78 is 0. The van der Waals surface area contributed by atoms with Gasteiger partial charge in [0, 0.05) is 0 Å². The number of nitrogens with two attached hydrogens (primary N) is 1. The minimum Gasteiger partial charge on any atom is -0.480 e. The topological polar surface area (TPSA) is 63.3 Å². The van der Waals surface area contributed by atoms with Crippen molar-refractivity contribution >= 4 is 5.97 Å². The highest BCUT2D eigenvalue weighted by atomic mass is 16.4. The molecule has 0 heterocycles. The molecule has 0 saturated heterocycles. The summed E-state index contributed by atoms with van der Waals surface area (Å²) in [6, 6.07) is -0.654. The molecule has 0 aromatic heterocycles. The average Bonchev–Trinajstić information content (AvgIpc) is 2.55. The normalized spacial score (nSPS) is 39.6. The third-order valence-corrected chi connectivity index (χ3v) is 4.60. The van der Waals surface area contributed by atoms with Gasteiger partial charge >= 0.3 is 5.97 Å². The van der Waals surface area contributed by atoms with Crippen molar-refractivity contribution in [2.45, 2.75) is 57.9 Å². The molecule has 2 fully saturated rings. The van der Waals surface area contributed by atoms with Crippen molar-refractivity contribution in [1.82, 2.24) is 0 Å². The molecule has 2 atom stereocenters. The third-order valence-electron chi connectivity index (χ3n) is 4.60. The number of hydrogen-bond donors (Lipinski definition) is 2. The van der Waals surface area contributed by atoms with Gasteiger partial charge in [-0.15, -0.1) is 0 Å². The van der Waals surface area contributed by atoms with Crippen LogP contribution < -0.4 is 5.73 Å². The van der Waals surface area contributed by atoms with E-state index in [1.165, 1.54) is 32.1 Å². The second-order valence-corrected chi connectivity index (χ2v) is 6.14. The fourth-order valence-corrected chi connectivity index (χ4v) is 3.77. The summed E-state index contributed by atoms with van der Waals surface area (Å²) in [7, 11) is 0. The molecule has 16 heavy (non-hydrogen) atoms. The lowest BCUT2D eigenvalue weighted by Crippen LogP contribution is -2.37. The SMILES string of the molecule is CC1CCC2(C1)CC(CCC(N)C(=O)O)C2. The molecule has 2 aliphatic carbocycles. The molecule has 2 unspecified atom stereocenters. The maximum absolute atomic E-state index is 10.6. The number of carbonyl (C=O) groups is 1. The predicted octanol–water partition coefficient (Wildman–Crippen LogP) is 2.39. The molecule has 0 aliphatic heterocycles. The Morgan fingerprint density at radius 2 is 2.19 bits per heavy atom. The second kappa shape index (κ2) is 4.36. The van der Waals surface area contributed by atoms with Gasteiger partial charge in [0.15, 0.2) is 0 Å². The summed E-state index contributed by atoms with van der Waals surface area (Å²) >= 11 is 0. The zero-order valence-electron chi connectivity index (χ0n) is 10.1. The van der Waals surface area contributed by atoms with E-state index in [-0.39, 0.29) is 0 Å². The van der Waals surface area contributed by atoms with Gasteiger partial charge in [-0.1, -0.05) is 13.3 Å². The van der Waals surface area contributed by atoms with Crippen molar-refractivity contribution in [3.05, 3.63) is 0 Å². The largest absolute Gasteiger partial charge is 0.480 e. The van der Waals surface area contributed by atoms with Crippen LogP contribution in [0.25, 0.3) is 0 Å². The maximum Gasteiger partial charge on any atom is 0.320 e. The molecule has 0 aromatic rings. The van der Waals surface area contributed by atoms with Gasteiger partial charge in [-0.05, 0) is 55.8 Å². The van der Waals surface area contributed by atoms with Gasteiger partial charge in [-0.25, -0.2) is 0 Å². The molecular formula is C13H23NO2. The summed E-state index contributed by atoms with van der Waals surface area (Å²) in [5, 5.41) is 8.70. The second-order valence-electron chi connectivity index (χ2n) is 6.14. The Labute approximate surface area is 97.4 Å². The molecule has 3 N–H and O–H groups in total. The molecular weight excluding hydrogens is 202 g/mol. The van der Waals surface area contributed by atoms with E-state index in [1.54, 1.807) is 0 Å². The molecule has 2 rings (SSSR count). The standard InChI is InChI=1S/C13H23NO2/c1-9-4-5-13(6-9)7-10(8-13)2-3-11(14)12(15)16/h9-11H,2-8,14H2,1H3,(H,15,16). The Balaban J connectivity index is 1.67. The fourth-order valence-electron chi connectivity index (χ4n) is 3.77. The van der Waals surface area contributed by atoms with E-state index < -0.39 is 12.0 Å². The molecule has 1 spiro atoms. The van der Waals surface area contributed by atoms with Crippen molar-refractivity contribution in [3.8, 4) is 0 Å². The van der Waals surface area contributed by atoms with Gasteiger partial charge in [-0.2, -0.15) is 0 Å². The van der Waals surface area contributed by atoms with Crippen LogP contribution in [-0.4, -0.2) is 17.1 Å². The zero-order valence-corrected chi connectivity index (χ0v) is 10.1. The average molecular weight is 225 g/mol. The van der Waals surface area contributed by atoms with E-state index in [2.05, 4.69) is 6.92 Å². The van der Waals surface area contributed by atoms with Gasteiger partial charge < -0.3 is 10.8 Å². The van der Waals surface area contributed by atoms with Crippen LogP contribution in [0, 0.1) is 17.3 Å². The lowest BCUT2D eigenvalue weighted by Gasteiger charge is -2.46. The van der Waals surface area contributed by atoms with E-state index in [9.17, 15) is 4.79 Å². The minimum atomic E-state index is -0.858. The Morgan fingerprint density at radius 1 is 1.50 bits per heavy atom. The monoisotopic (exact) mass is 225 g/mol. The first-order valence-electron chi connectivity index (χ1n) is 6.49. The van der Waals surface area contributed by atoms with Gasteiger partial charge in [0.05, 0.1) is 0 Å². The van der Waals surface area contributed by atoms with Crippen LogP contribution in [0.3, 0.4) is 0 Å². The Morgan fingerprint density at radius 3 is 2.69 bits per heavy atom. The fraction of sp³-hybridized carbons (Fsp3) is 0.923. The highest BCUT2D eigenvalue weighted by Gasteiger charge is 2.47. The number of carboxylic acids is 1.